The number of hydrogen-bond acceptors (Lipinski definition) is 3. The topological polar surface area (TPSA) is 46.6 Å². The fourth-order valence-corrected chi connectivity index (χ4v) is 1.33. The molecule has 0 N–H and O–H groups in total. The van der Waals surface area contributed by atoms with Crippen LogP contribution in [0.5, 0.6) is 5.75 Å². The number of ketones is 1. The summed E-state index contributed by atoms with van der Waals surface area (Å²) in [5.41, 5.74) is 0. The lowest BCUT2D eigenvalue weighted by Crippen LogP contribution is -2.31. The Bertz CT molecular complexity index is 434. The van der Waals surface area contributed by atoms with Gasteiger partial charge in [-0.2, -0.15) is 0 Å². The lowest BCUT2D eigenvalue weighted by atomic mass is 10.3. The molecule has 1 aromatic rings. The van der Waals surface area contributed by atoms with Crippen molar-refractivity contribution >= 4 is 11.7 Å². The zero-order valence-corrected chi connectivity index (χ0v) is 10.5. The van der Waals surface area contributed by atoms with E-state index in [1.54, 1.807) is 19.2 Å². The van der Waals surface area contributed by atoms with Crippen LogP contribution in [0.4, 0.5) is 4.39 Å². The summed E-state index contributed by atoms with van der Waals surface area (Å²) in [6.45, 7) is 1.97. The number of amides is 1. The van der Waals surface area contributed by atoms with Crippen molar-refractivity contribution in [1.82, 2.24) is 4.90 Å². The van der Waals surface area contributed by atoms with Crippen molar-refractivity contribution in [3.05, 3.63) is 30.1 Å². The van der Waals surface area contributed by atoms with Crippen molar-refractivity contribution in [2.75, 3.05) is 20.2 Å². The van der Waals surface area contributed by atoms with E-state index in [1.165, 1.54) is 24.0 Å². The van der Waals surface area contributed by atoms with Gasteiger partial charge in [0.1, 0.15) is 24.0 Å². The molecular weight excluding hydrogens is 237 g/mol. The van der Waals surface area contributed by atoms with Crippen LogP contribution in [0.3, 0.4) is 0 Å². The number of nitrogens with zero attached hydrogens (tertiary/aromatic N) is 1. The second-order valence-electron chi connectivity index (χ2n) is 4.00. The van der Waals surface area contributed by atoms with Crippen molar-refractivity contribution in [1.29, 1.82) is 0 Å². The van der Waals surface area contributed by atoms with E-state index in [9.17, 15) is 14.0 Å². The van der Waals surface area contributed by atoms with Crippen molar-refractivity contribution < 1.29 is 18.7 Å². The van der Waals surface area contributed by atoms with E-state index in [1.807, 2.05) is 0 Å². The standard InChI is InChI=1S/C13H16FNO3/c1-10(16)8-13(17)15(2)6-7-18-12-5-3-4-11(14)9-12/h3-5,9H,6-8H2,1-2H3. The van der Waals surface area contributed by atoms with Gasteiger partial charge in [-0.05, 0) is 19.1 Å². The Balaban J connectivity index is 2.33. The molecule has 0 aliphatic rings. The monoisotopic (exact) mass is 253 g/mol. The van der Waals surface area contributed by atoms with E-state index < -0.39 is 0 Å². The minimum atomic E-state index is -0.367. The van der Waals surface area contributed by atoms with E-state index in [2.05, 4.69) is 0 Å². The molecule has 0 saturated heterocycles. The Morgan fingerprint density at radius 2 is 2.11 bits per heavy atom. The number of halogens is 1. The van der Waals surface area contributed by atoms with Crippen LogP contribution in [0, 0.1) is 5.82 Å². The molecule has 0 aliphatic carbocycles. The highest BCUT2D eigenvalue weighted by molar-refractivity contribution is 5.96. The largest absolute Gasteiger partial charge is 0.492 e. The summed E-state index contributed by atoms with van der Waals surface area (Å²) in [6.07, 6.45) is -0.101. The Kier molecular flexibility index (Phi) is 5.30. The van der Waals surface area contributed by atoms with Crippen molar-refractivity contribution in [2.24, 2.45) is 0 Å². The van der Waals surface area contributed by atoms with Crippen LogP contribution >= 0.6 is 0 Å². The number of likely N-dealkylation sites (N-methyl/N-ethyl adjacent to an activating group) is 1. The maximum absolute atomic E-state index is 12.8. The predicted octanol–water partition coefficient (Wildman–Crippen LogP) is 1.64. The molecule has 0 unspecified atom stereocenters. The highest BCUT2D eigenvalue weighted by atomic mass is 19.1. The minimum absolute atomic E-state index is 0.101. The Morgan fingerprint density at radius 1 is 1.39 bits per heavy atom. The zero-order valence-electron chi connectivity index (χ0n) is 10.5. The number of carbonyl (C=O) groups is 2. The fraction of sp³-hybridized carbons (Fsp3) is 0.385. The number of rotatable bonds is 6. The first-order chi connectivity index (χ1) is 8.49. The molecule has 0 atom stereocenters. The van der Waals surface area contributed by atoms with E-state index in [-0.39, 0.29) is 30.5 Å². The number of hydrogen-bond donors (Lipinski definition) is 0. The second-order valence-corrected chi connectivity index (χ2v) is 4.00. The molecule has 0 spiro atoms. The van der Waals surface area contributed by atoms with Gasteiger partial charge < -0.3 is 9.64 Å². The maximum atomic E-state index is 12.8. The Morgan fingerprint density at radius 3 is 2.72 bits per heavy atom. The molecule has 1 rings (SSSR count). The van der Waals surface area contributed by atoms with E-state index in [0.29, 0.717) is 12.3 Å². The summed E-state index contributed by atoms with van der Waals surface area (Å²) in [4.78, 5) is 23.6. The van der Waals surface area contributed by atoms with E-state index in [4.69, 9.17) is 4.74 Å². The van der Waals surface area contributed by atoms with Gasteiger partial charge in [0.05, 0.1) is 13.0 Å². The summed E-state index contributed by atoms with van der Waals surface area (Å²) >= 11 is 0. The van der Waals surface area contributed by atoms with Crippen LogP contribution in [-0.4, -0.2) is 36.8 Å². The van der Waals surface area contributed by atoms with Crippen LogP contribution in [0.15, 0.2) is 24.3 Å². The molecule has 0 bridgehead atoms. The molecule has 0 heterocycles. The van der Waals surface area contributed by atoms with Gasteiger partial charge in [-0.15, -0.1) is 0 Å². The number of Topliss-reactive ketones (excluding diaryl/α,β-unsaturated/α-hetero) is 1. The van der Waals surface area contributed by atoms with Crippen molar-refractivity contribution in [3.8, 4) is 5.75 Å². The fourth-order valence-electron chi connectivity index (χ4n) is 1.33. The number of ether oxygens (including phenoxy) is 1. The smallest absolute Gasteiger partial charge is 0.229 e. The van der Waals surface area contributed by atoms with Crippen LogP contribution in [0.1, 0.15) is 13.3 Å². The van der Waals surface area contributed by atoms with Crippen LogP contribution in [0.2, 0.25) is 0 Å². The SMILES string of the molecule is CC(=O)CC(=O)N(C)CCOc1cccc(F)c1. The zero-order chi connectivity index (χ0) is 13.5. The third-order valence-electron chi connectivity index (χ3n) is 2.32. The maximum Gasteiger partial charge on any atom is 0.229 e. The van der Waals surface area contributed by atoms with E-state index in [0.717, 1.165) is 0 Å². The summed E-state index contributed by atoms with van der Waals surface area (Å²) in [6, 6.07) is 5.79. The van der Waals surface area contributed by atoms with Gasteiger partial charge >= 0.3 is 0 Å². The first-order valence-corrected chi connectivity index (χ1v) is 5.61. The van der Waals surface area contributed by atoms with Gasteiger partial charge in [0.2, 0.25) is 5.91 Å². The van der Waals surface area contributed by atoms with Gasteiger partial charge in [-0.1, -0.05) is 6.07 Å². The Hall–Kier alpha value is -1.91. The van der Waals surface area contributed by atoms with E-state index >= 15 is 0 Å². The average molecular weight is 253 g/mol. The van der Waals surface area contributed by atoms with Gasteiger partial charge in [0.25, 0.3) is 0 Å². The lowest BCUT2D eigenvalue weighted by molar-refractivity contribution is -0.134. The average Bonchev–Trinajstić information content (AvgIpc) is 2.28. The summed E-state index contributed by atoms with van der Waals surface area (Å²) in [5.74, 6) is -0.362. The van der Waals surface area contributed by atoms with Gasteiger partial charge in [0, 0.05) is 13.1 Å². The molecule has 98 valence electrons. The van der Waals surface area contributed by atoms with Crippen LogP contribution in [-0.2, 0) is 9.59 Å². The highest BCUT2D eigenvalue weighted by Crippen LogP contribution is 2.11. The first kappa shape index (κ1) is 14.2. The third kappa shape index (κ3) is 4.95. The molecular formula is C13H16FNO3. The van der Waals surface area contributed by atoms with Gasteiger partial charge in [-0.3, -0.25) is 9.59 Å². The number of benzene rings is 1. The predicted molar refractivity (Wildman–Crippen MR) is 64.8 cm³/mol. The molecule has 1 amide bonds. The quantitative estimate of drug-likeness (QED) is 0.724. The van der Waals surface area contributed by atoms with Crippen molar-refractivity contribution in [2.45, 2.75) is 13.3 Å². The lowest BCUT2D eigenvalue weighted by Gasteiger charge is -2.16. The molecule has 0 fully saturated rings. The summed E-state index contributed by atoms with van der Waals surface area (Å²) in [7, 11) is 1.60. The third-order valence-corrected chi connectivity index (χ3v) is 2.32. The molecule has 1 aromatic carbocycles. The van der Waals surface area contributed by atoms with Crippen LogP contribution < -0.4 is 4.74 Å². The van der Waals surface area contributed by atoms with Crippen molar-refractivity contribution in [3.63, 3.8) is 0 Å². The van der Waals surface area contributed by atoms with Crippen LogP contribution in [0.25, 0.3) is 0 Å². The summed E-state index contributed by atoms with van der Waals surface area (Å²) in [5, 5.41) is 0. The van der Waals surface area contributed by atoms with Gasteiger partial charge in [0.15, 0.2) is 0 Å². The summed E-state index contributed by atoms with van der Waals surface area (Å²) < 4.78 is 18.1. The van der Waals surface area contributed by atoms with Gasteiger partial charge in [-0.25, -0.2) is 4.39 Å². The first-order valence-electron chi connectivity index (χ1n) is 5.61. The molecule has 0 aromatic heterocycles. The molecule has 0 saturated carbocycles. The molecule has 0 radical (unpaired) electrons. The minimum Gasteiger partial charge on any atom is -0.492 e. The highest BCUT2D eigenvalue weighted by Gasteiger charge is 2.10. The molecule has 4 nitrogen and oxygen atoms in total. The normalized spacial score (nSPS) is 9.94. The Labute approximate surface area is 105 Å². The molecule has 18 heavy (non-hydrogen) atoms. The number of carbonyl (C=O) groups excluding carboxylic acids is 2. The molecule has 0 aliphatic heterocycles. The molecule has 5 heteroatoms. The second kappa shape index (κ2) is 6.74.